The van der Waals surface area contributed by atoms with Crippen molar-refractivity contribution in [2.24, 2.45) is 0 Å². The van der Waals surface area contributed by atoms with Crippen molar-refractivity contribution in [1.29, 1.82) is 0 Å². The van der Waals surface area contributed by atoms with Crippen LogP contribution in [0.15, 0.2) is 35.8 Å². The minimum atomic E-state index is 0.204. The molecule has 1 heterocycles. The molecule has 0 amide bonds. The normalized spacial score (nSPS) is 12.9. The van der Waals surface area contributed by atoms with Gasteiger partial charge < -0.3 is 5.32 Å². The molecule has 2 nitrogen and oxygen atoms in total. The molecule has 0 saturated heterocycles. The lowest BCUT2D eigenvalue weighted by Crippen LogP contribution is -2.28. The summed E-state index contributed by atoms with van der Waals surface area (Å²) in [7, 11) is 0. The van der Waals surface area contributed by atoms with Crippen molar-refractivity contribution in [3.63, 3.8) is 0 Å². The lowest BCUT2D eigenvalue weighted by molar-refractivity contribution is 0.527. The molecule has 0 aliphatic heterocycles. The Labute approximate surface area is 107 Å². The lowest BCUT2D eigenvalue weighted by atomic mass is 10.0. The zero-order chi connectivity index (χ0) is 12.3. The quantitative estimate of drug-likeness (QED) is 0.892. The molecule has 0 bridgehead atoms. The van der Waals surface area contributed by atoms with E-state index in [-0.39, 0.29) is 6.04 Å². The summed E-state index contributed by atoms with van der Waals surface area (Å²) in [6, 6.07) is 9.25. The molecule has 1 aromatic carbocycles. The number of hydrogen-bond donors (Lipinski definition) is 1. The monoisotopic (exact) mass is 246 g/mol. The maximum atomic E-state index is 4.43. The number of hydrogen-bond acceptors (Lipinski definition) is 3. The number of rotatable bonds is 4. The van der Waals surface area contributed by atoms with E-state index in [1.54, 1.807) is 11.3 Å². The van der Waals surface area contributed by atoms with E-state index in [4.69, 9.17) is 0 Å². The highest BCUT2D eigenvalue weighted by Crippen LogP contribution is 2.24. The molecule has 1 N–H and O–H groups in total. The van der Waals surface area contributed by atoms with E-state index < -0.39 is 0 Å². The van der Waals surface area contributed by atoms with Gasteiger partial charge in [-0.1, -0.05) is 29.8 Å². The third kappa shape index (κ3) is 3.14. The Hall–Kier alpha value is -1.19. The third-order valence-electron chi connectivity index (χ3n) is 2.57. The fourth-order valence-corrected chi connectivity index (χ4v) is 2.59. The minimum Gasteiger partial charge on any atom is -0.302 e. The van der Waals surface area contributed by atoms with Crippen molar-refractivity contribution in [1.82, 2.24) is 10.3 Å². The van der Waals surface area contributed by atoms with Crippen LogP contribution in [0.3, 0.4) is 0 Å². The minimum absolute atomic E-state index is 0.204. The highest BCUT2D eigenvalue weighted by atomic mass is 32.1. The molecule has 1 unspecified atom stereocenters. The van der Waals surface area contributed by atoms with Crippen molar-refractivity contribution in [3.05, 3.63) is 52.0 Å². The van der Waals surface area contributed by atoms with Crippen molar-refractivity contribution in [2.75, 3.05) is 0 Å². The Morgan fingerprint density at radius 1 is 1.29 bits per heavy atom. The maximum Gasteiger partial charge on any atom is 0.114 e. The second-order valence-electron chi connectivity index (χ2n) is 4.54. The van der Waals surface area contributed by atoms with Gasteiger partial charge >= 0.3 is 0 Å². The predicted octanol–water partition coefficient (Wildman–Crippen LogP) is 3.54. The van der Waals surface area contributed by atoms with E-state index >= 15 is 0 Å². The van der Waals surface area contributed by atoms with Gasteiger partial charge in [-0.15, -0.1) is 11.3 Å². The molecule has 90 valence electrons. The number of benzene rings is 1. The van der Waals surface area contributed by atoms with Crippen LogP contribution >= 0.6 is 11.3 Å². The maximum absolute atomic E-state index is 4.43. The molecule has 3 heteroatoms. The summed E-state index contributed by atoms with van der Waals surface area (Å²) in [5, 5.41) is 6.73. The van der Waals surface area contributed by atoms with Crippen LogP contribution in [0, 0.1) is 6.92 Å². The molecule has 2 aromatic rings. The molecule has 0 aliphatic carbocycles. The van der Waals surface area contributed by atoms with E-state index in [1.165, 1.54) is 11.1 Å². The van der Waals surface area contributed by atoms with Gasteiger partial charge in [-0.2, -0.15) is 0 Å². The average molecular weight is 246 g/mol. The molecule has 2 rings (SSSR count). The second kappa shape index (κ2) is 5.43. The van der Waals surface area contributed by atoms with Crippen LogP contribution in [-0.2, 0) is 0 Å². The van der Waals surface area contributed by atoms with Gasteiger partial charge in [0.15, 0.2) is 0 Å². The zero-order valence-corrected chi connectivity index (χ0v) is 11.3. The number of aromatic nitrogens is 1. The molecule has 1 atom stereocenters. The highest BCUT2D eigenvalue weighted by molar-refractivity contribution is 7.09. The summed E-state index contributed by atoms with van der Waals surface area (Å²) in [5.74, 6) is 0. The van der Waals surface area contributed by atoms with Crippen LogP contribution in [0.1, 0.15) is 36.0 Å². The molecule has 0 aliphatic rings. The number of aryl methyl sites for hydroxylation is 1. The Kier molecular flexibility index (Phi) is 3.92. The fourth-order valence-electron chi connectivity index (χ4n) is 1.87. The largest absolute Gasteiger partial charge is 0.302 e. The Morgan fingerprint density at radius 2 is 2.12 bits per heavy atom. The van der Waals surface area contributed by atoms with E-state index in [0.717, 1.165) is 5.01 Å². The van der Waals surface area contributed by atoms with E-state index in [2.05, 4.69) is 55.3 Å². The van der Waals surface area contributed by atoms with Crippen LogP contribution in [0.5, 0.6) is 0 Å². The van der Waals surface area contributed by atoms with Crippen LogP contribution in [-0.4, -0.2) is 11.0 Å². The molecular formula is C14H18N2S. The zero-order valence-electron chi connectivity index (χ0n) is 10.5. The van der Waals surface area contributed by atoms with E-state index in [1.807, 2.05) is 11.6 Å². The summed E-state index contributed by atoms with van der Waals surface area (Å²) in [6.45, 7) is 6.45. The Morgan fingerprint density at radius 3 is 2.71 bits per heavy atom. The highest BCUT2D eigenvalue weighted by Gasteiger charge is 2.17. The first kappa shape index (κ1) is 12.3. The van der Waals surface area contributed by atoms with Gasteiger partial charge in [-0.3, -0.25) is 0 Å². The SMILES string of the molecule is Cc1cccc(C(NC(C)C)c2nccs2)c1. The summed E-state index contributed by atoms with van der Waals surface area (Å²) >= 11 is 1.70. The Balaban J connectivity index is 2.33. The number of nitrogens with zero attached hydrogens (tertiary/aromatic N) is 1. The van der Waals surface area contributed by atoms with Crippen LogP contribution < -0.4 is 5.32 Å². The Bertz CT molecular complexity index is 463. The topological polar surface area (TPSA) is 24.9 Å². The van der Waals surface area contributed by atoms with Crippen molar-refractivity contribution in [3.8, 4) is 0 Å². The summed E-state index contributed by atoms with van der Waals surface area (Å²) < 4.78 is 0. The number of thiazole rings is 1. The van der Waals surface area contributed by atoms with Crippen molar-refractivity contribution < 1.29 is 0 Å². The molecule has 17 heavy (non-hydrogen) atoms. The fraction of sp³-hybridized carbons (Fsp3) is 0.357. The van der Waals surface area contributed by atoms with Gasteiger partial charge in [0.05, 0.1) is 6.04 Å². The standard InChI is InChI=1S/C14H18N2S/c1-10(2)16-13(14-15-7-8-17-14)12-6-4-5-11(3)9-12/h4-10,13,16H,1-3H3. The van der Waals surface area contributed by atoms with E-state index in [9.17, 15) is 0 Å². The van der Waals surface area contributed by atoms with Gasteiger partial charge in [-0.05, 0) is 26.3 Å². The molecule has 0 spiro atoms. The first-order valence-electron chi connectivity index (χ1n) is 5.89. The average Bonchev–Trinajstić information content (AvgIpc) is 2.79. The molecule has 0 fully saturated rings. The van der Waals surface area contributed by atoms with Gasteiger partial charge in [0.2, 0.25) is 0 Å². The number of nitrogens with one attached hydrogen (secondary N) is 1. The van der Waals surface area contributed by atoms with Gasteiger partial charge in [0.25, 0.3) is 0 Å². The summed E-state index contributed by atoms with van der Waals surface area (Å²) in [5.41, 5.74) is 2.57. The van der Waals surface area contributed by atoms with Crippen molar-refractivity contribution >= 4 is 11.3 Å². The molecule has 0 radical (unpaired) electrons. The smallest absolute Gasteiger partial charge is 0.114 e. The molecule has 1 aromatic heterocycles. The van der Waals surface area contributed by atoms with Gasteiger partial charge in [0, 0.05) is 17.6 Å². The summed E-state index contributed by atoms with van der Waals surface area (Å²) in [4.78, 5) is 4.43. The first-order valence-corrected chi connectivity index (χ1v) is 6.77. The third-order valence-corrected chi connectivity index (χ3v) is 3.41. The predicted molar refractivity (Wildman–Crippen MR) is 73.4 cm³/mol. The second-order valence-corrected chi connectivity index (χ2v) is 5.47. The van der Waals surface area contributed by atoms with Crippen LogP contribution in [0.25, 0.3) is 0 Å². The van der Waals surface area contributed by atoms with Gasteiger partial charge in [0.1, 0.15) is 5.01 Å². The van der Waals surface area contributed by atoms with Crippen LogP contribution in [0.4, 0.5) is 0 Å². The van der Waals surface area contributed by atoms with E-state index in [0.29, 0.717) is 6.04 Å². The molecule has 0 saturated carbocycles. The van der Waals surface area contributed by atoms with Crippen LogP contribution in [0.2, 0.25) is 0 Å². The van der Waals surface area contributed by atoms with Crippen molar-refractivity contribution in [2.45, 2.75) is 32.9 Å². The first-order chi connectivity index (χ1) is 8.16. The summed E-state index contributed by atoms with van der Waals surface area (Å²) in [6.07, 6.45) is 1.87. The molecular weight excluding hydrogens is 228 g/mol. The van der Waals surface area contributed by atoms with Gasteiger partial charge in [-0.25, -0.2) is 4.98 Å². The lowest BCUT2D eigenvalue weighted by Gasteiger charge is -2.20.